The van der Waals surface area contributed by atoms with Gasteiger partial charge in [0.1, 0.15) is 0 Å². The third kappa shape index (κ3) is 3.90. The molecule has 86 valence electrons. The highest BCUT2D eigenvalue weighted by molar-refractivity contribution is 6.39. The van der Waals surface area contributed by atoms with Gasteiger partial charge in [-0.2, -0.15) is 0 Å². The molecule has 1 rings (SSSR count). The van der Waals surface area contributed by atoms with Crippen molar-refractivity contribution in [2.45, 2.75) is 6.92 Å². The third-order valence-corrected chi connectivity index (χ3v) is 2.05. The van der Waals surface area contributed by atoms with Gasteiger partial charge < -0.3 is 10.6 Å². The van der Waals surface area contributed by atoms with E-state index in [1.165, 1.54) is 0 Å². The van der Waals surface area contributed by atoms with Crippen LogP contribution in [0.4, 0.5) is 5.69 Å². The van der Waals surface area contributed by atoms with Crippen LogP contribution in [0.15, 0.2) is 24.3 Å². The van der Waals surface area contributed by atoms with Crippen molar-refractivity contribution in [1.82, 2.24) is 5.32 Å². The van der Waals surface area contributed by atoms with Crippen LogP contribution in [-0.2, 0) is 9.59 Å². The van der Waals surface area contributed by atoms with E-state index < -0.39 is 11.8 Å². The number of rotatable bonds is 3. The highest BCUT2D eigenvalue weighted by Gasteiger charge is 2.12. The van der Waals surface area contributed by atoms with Gasteiger partial charge >= 0.3 is 11.8 Å². The molecule has 0 spiro atoms. The van der Waals surface area contributed by atoms with E-state index in [-0.39, 0.29) is 12.4 Å². The van der Waals surface area contributed by atoms with Crippen LogP contribution in [0.25, 0.3) is 0 Å². The number of benzene rings is 1. The molecule has 0 saturated heterocycles. The quantitative estimate of drug-likeness (QED) is 0.618. The summed E-state index contributed by atoms with van der Waals surface area (Å²) in [4.78, 5) is 22.6. The van der Waals surface area contributed by atoms with Gasteiger partial charge in [0, 0.05) is 18.1 Å². The highest BCUT2D eigenvalue weighted by Crippen LogP contribution is 2.08. The van der Waals surface area contributed by atoms with Crippen molar-refractivity contribution in [2.24, 2.45) is 0 Å². The number of hydrogen-bond donors (Lipinski definition) is 2. The minimum Gasteiger partial charge on any atom is -0.347 e. The smallest absolute Gasteiger partial charge is 0.313 e. The van der Waals surface area contributed by atoms with Crippen LogP contribution in [0, 0.1) is 6.92 Å². The molecular weight excluding hydrogens is 228 g/mol. The molecule has 0 saturated carbocycles. The Hall–Kier alpha value is -1.55. The molecule has 0 heterocycles. The maximum absolute atomic E-state index is 11.4. The number of nitrogens with one attached hydrogen (secondary N) is 2. The maximum Gasteiger partial charge on any atom is 0.313 e. The molecule has 0 aliphatic rings. The van der Waals surface area contributed by atoms with Crippen LogP contribution < -0.4 is 10.6 Å². The fraction of sp³-hybridized carbons (Fsp3) is 0.273. The molecule has 0 unspecified atom stereocenters. The lowest BCUT2D eigenvalue weighted by molar-refractivity contribution is -0.136. The summed E-state index contributed by atoms with van der Waals surface area (Å²) in [6.45, 7) is 2.19. The van der Waals surface area contributed by atoms with Gasteiger partial charge in [-0.15, -0.1) is 11.6 Å². The summed E-state index contributed by atoms with van der Waals surface area (Å²) in [5, 5.41) is 4.88. The number of carbonyl (C=O) groups is 2. The van der Waals surface area contributed by atoms with Crippen molar-refractivity contribution < 1.29 is 9.59 Å². The number of aryl methyl sites for hydroxylation is 1. The van der Waals surface area contributed by atoms with E-state index in [1.54, 1.807) is 12.1 Å². The van der Waals surface area contributed by atoms with E-state index in [2.05, 4.69) is 10.6 Å². The zero-order chi connectivity index (χ0) is 12.0. The molecule has 16 heavy (non-hydrogen) atoms. The summed E-state index contributed by atoms with van der Waals surface area (Å²) in [6.07, 6.45) is 0. The van der Waals surface area contributed by atoms with Gasteiger partial charge in [-0.1, -0.05) is 12.1 Å². The lowest BCUT2D eigenvalue weighted by Crippen LogP contribution is -2.36. The molecule has 5 heteroatoms. The molecule has 0 atom stereocenters. The van der Waals surface area contributed by atoms with Gasteiger partial charge in [-0.3, -0.25) is 9.59 Å². The van der Waals surface area contributed by atoms with E-state index in [0.29, 0.717) is 5.69 Å². The summed E-state index contributed by atoms with van der Waals surface area (Å²) in [5.41, 5.74) is 1.62. The van der Waals surface area contributed by atoms with E-state index in [0.717, 1.165) is 5.56 Å². The van der Waals surface area contributed by atoms with Crippen LogP contribution in [-0.4, -0.2) is 24.2 Å². The lowest BCUT2D eigenvalue weighted by atomic mass is 10.2. The largest absolute Gasteiger partial charge is 0.347 e. The van der Waals surface area contributed by atoms with Crippen LogP contribution in [0.3, 0.4) is 0 Å². The van der Waals surface area contributed by atoms with Crippen LogP contribution >= 0.6 is 11.6 Å². The zero-order valence-electron chi connectivity index (χ0n) is 8.92. The van der Waals surface area contributed by atoms with Gasteiger partial charge in [0.25, 0.3) is 0 Å². The Kier molecular flexibility index (Phi) is 4.79. The molecular formula is C11H13ClN2O2. The Labute approximate surface area is 99.0 Å². The van der Waals surface area contributed by atoms with Gasteiger partial charge in [0.15, 0.2) is 0 Å². The summed E-state index contributed by atoms with van der Waals surface area (Å²) in [5.74, 6) is -1.08. The Bertz CT molecular complexity index is 393. The summed E-state index contributed by atoms with van der Waals surface area (Å²) >= 11 is 5.38. The topological polar surface area (TPSA) is 58.2 Å². The zero-order valence-corrected chi connectivity index (χ0v) is 9.67. The Morgan fingerprint density at radius 2 is 2.06 bits per heavy atom. The van der Waals surface area contributed by atoms with Crippen molar-refractivity contribution in [3.63, 3.8) is 0 Å². The first-order chi connectivity index (χ1) is 7.63. The van der Waals surface area contributed by atoms with E-state index in [4.69, 9.17) is 11.6 Å². The Morgan fingerprint density at radius 3 is 2.69 bits per heavy atom. The Balaban J connectivity index is 2.54. The minimum absolute atomic E-state index is 0.279. The number of amides is 2. The monoisotopic (exact) mass is 240 g/mol. The predicted molar refractivity (Wildman–Crippen MR) is 63.5 cm³/mol. The molecule has 0 bridgehead atoms. The average Bonchev–Trinajstić information content (AvgIpc) is 2.25. The van der Waals surface area contributed by atoms with Gasteiger partial charge in [0.2, 0.25) is 0 Å². The minimum atomic E-state index is -0.685. The summed E-state index contributed by atoms with van der Waals surface area (Å²) in [6, 6.07) is 7.22. The number of carbonyl (C=O) groups excluding carboxylic acids is 2. The third-order valence-electron chi connectivity index (χ3n) is 1.86. The van der Waals surface area contributed by atoms with E-state index >= 15 is 0 Å². The van der Waals surface area contributed by atoms with E-state index in [9.17, 15) is 9.59 Å². The molecule has 0 aliphatic carbocycles. The Morgan fingerprint density at radius 1 is 1.31 bits per heavy atom. The normalized spacial score (nSPS) is 9.62. The molecule has 2 N–H and O–H groups in total. The van der Waals surface area contributed by atoms with E-state index in [1.807, 2.05) is 19.1 Å². The summed E-state index contributed by atoms with van der Waals surface area (Å²) in [7, 11) is 0. The van der Waals surface area contributed by atoms with Crippen molar-refractivity contribution in [1.29, 1.82) is 0 Å². The number of hydrogen-bond acceptors (Lipinski definition) is 2. The van der Waals surface area contributed by atoms with Crippen molar-refractivity contribution in [3.8, 4) is 0 Å². The van der Waals surface area contributed by atoms with Crippen molar-refractivity contribution in [3.05, 3.63) is 29.8 Å². The molecule has 0 radical (unpaired) electrons. The molecule has 4 nitrogen and oxygen atoms in total. The molecule has 1 aromatic rings. The lowest BCUT2D eigenvalue weighted by Gasteiger charge is -2.05. The fourth-order valence-corrected chi connectivity index (χ4v) is 1.25. The molecule has 0 aliphatic heterocycles. The number of anilines is 1. The number of alkyl halides is 1. The van der Waals surface area contributed by atoms with Crippen molar-refractivity contribution >= 4 is 29.1 Å². The molecule has 0 fully saturated rings. The first-order valence-electron chi connectivity index (χ1n) is 4.85. The second-order valence-corrected chi connectivity index (χ2v) is 3.65. The molecule has 1 aromatic carbocycles. The fourth-order valence-electron chi connectivity index (χ4n) is 1.15. The van der Waals surface area contributed by atoms with Gasteiger partial charge in [-0.05, 0) is 24.6 Å². The van der Waals surface area contributed by atoms with Crippen LogP contribution in [0.5, 0.6) is 0 Å². The molecule has 2 amide bonds. The standard InChI is InChI=1S/C11H13ClN2O2/c1-8-3-2-4-9(7-8)14-11(16)10(15)13-6-5-12/h2-4,7H,5-6H2,1H3,(H,13,15)(H,14,16). The first kappa shape index (κ1) is 12.5. The highest BCUT2D eigenvalue weighted by atomic mass is 35.5. The SMILES string of the molecule is Cc1cccc(NC(=O)C(=O)NCCCl)c1. The van der Waals surface area contributed by atoms with Gasteiger partial charge in [-0.25, -0.2) is 0 Å². The first-order valence-corrected chi connectivity index (χ1v) is 5.38. The van der Waals surface area contributed by atoms with Gasteiger partial charge in [0.05, 0.1) is 0 Å². The van der Waals surface area contributed by atoms with Crippen LogP contribution in [0.1, 0.15) is 5.56 Å². The molecule has 0 aromatic heterocycles. The summed E-state index contributed by atoms with van der Waals surface area (Å²) < 4.78 is 0. The maximum atomic E-state index is 11.4. The van der Waals surface area contributed by atoms with Crippen LogP contribution in [0.2, 0.25) is 0 Å². The number of halogens is 1. The van der Waals surface area contributed by atoms with Crippen molar-refractivity contribution in [2.75, 3.05) is 17.7 Å². The average molecular weight is 241 g/mol. The second-order valence-electron chi connectivity index (χ2n) is 3.27. The predicted octanol–water partition coefficient (Wildman–Crippen LogP) is 1.29. The second kappa shape index (κ2) is 6.12.